The molecule has 0 aliphatic rings. The van der Waals surface area contributed by atoms with Crippen molar-refractivity contribution in [2.45, 2.75) is 20.3 Å². The fourth-order valence-corrected chi connectivity index (χ4v) is 3.18. The number of halogens is 2. The lowest BCUT2D eigenvalue weighted by atomic mass is 10.1. The summed E-state index contributed by atoms with van der Waals surface area (Å²) in [5, 5.41) is 7.25. The molecule has 0 spiro atoms. The quantitative estimate of drug-likeness (QED) is 0.806. The van der Waals surface area contributed by atoms with Gasteiger partial charge in [0, 0.05) is 35.0 Å². The van der Waals surface area contributed by atoms with Crippen LogP contribution in [-0.2, 0) is 11.2 Å². The molecule has 0 radical (unpaired) electrons. The van der Waals surface area contributed by atoms with Crippen LogP contribution in [0.15, 0.2) is 24.4 Å². The number of hydrogen-bond acceptors (Lipinski definition) is 4. The highest BCUT2D eigenvalue weighted by Crippen LogP contribution is 2.24. The van der Waals surface area contributed by atoms with Crippen molar-refractivity contribution in [3.8, 4) is 0 Å². The van der Waals surface area contributed by atoms with Gasteiger partial charge in [-0.05, 0) is 37.2 Å². The summed E-state index contributed by atoms with van der Waals surface area (Å²) in [6.45, 7) is 4.58. The van der Waals surface area contributed by atoms with E-state index in [4.69, 9.17) is 11.6 Å². The van der Waals surface area contributed by atoms with E-state index in [0.29, 0.717) is 11.7 Å². The van der Waals surface area contributed by atoms with Gasteiger partial charge in [-0.15, -0.1) is 23.7 Å². The van der Waals surface area contributed by atoms with Gasteiger partial charge in [-0.2, -0.15) is 0 Å². The molecule has 0 aliphatic carbocycles. The molecule has 1 aromatic heterocycles. The van der Waals surface area contributed by atoms with E-state index in [1.807, 2.05) is 45.3 Å². The standard InChI is InChI=1S/C16H20ClN3OS.ClH/c1-10-6-13(17)5-4-12(10)7-14-9-19-16(22-14)20-15(21)11(2)8-18-3;/h4-6,9,11,18H,7-8H2,1-3H3,(H,19,20,21);1H. The summed E-state index contributed by atoms with van der Waals surface area (Å²) in [6, 6.07) is 5.89. The third-order valence-electron chi connectivity index (χ3n) is 3.41. The second-order valence-electron chi connectivity index (χ2n) is 5.33. The summed E-state index contributed by atoms with van der Waals surface area (Å²) in [6.07, 6.45) is 2.61. The Balaban J connectivity index is 0.00000264. The van der Waals surface area contributed by atoms with Crippen LogP contribution in [0.2, 0.25) is 5.02 Å². The van der Waals surface area contributed by atoms with Gasteiger partial charge in [-0.25, -0.2) is 4.98 Å². The number of amides is 1. The van der Waals surface area contributed by atoms with Crippen molar-refractivity contribution < 1.29 is 4.79 Å². The fraction of sp³-hybridized carbons (Fsp3) is 0.375. The lowest BCUT2D eigenvalue weighted by Gasteiger charge is -2.09. The van der Waals surface area contributed by atoms with E-state index in [0.717, 1.165) is 21.9 Å². The SMILES string of the molecule is CNCC(C)C(=O)Nc1ncc(Cc2ccc(Cl)cc2C)s1.Cl. The average Bonchev–Trinajstić information content (AvgIpc) is 2.89. The number of carbonyl (C=O) groups is 1. The summed E-state index contributed by atoms with van der Waals surface area (Å²) in [5.41, 5.74) is 2.38. The van der Waals surface area contributed by atoms with Crippen molar-refractivity contribution in [3.63, 3.8) is 0 Å². The van der Waals surface area contributed by atoms with Gasteiger partial charge in [-0.1, -0.05) is 24.6 Å². The van der Waals surface area contributed by atoms with Crippen LogP contribution in [0.1, 0.15) is 22.9 Å². The highest BCUT2D eigenvalue weighted by atomic mass is 35.5. The Labute approximate surface area is 152 Å². The van der Waals surface area contributed by atoms with E-state index >= 15 is 0 Å². The third kappa shape index (κ3) is 5.77. The first kappa shape index (κ1) is 19.9. The van der Waals surface area contributed by atoms with Gasteiger partial charge in [0.25, 0.3) is 0 Å². The maximum atomic E-state index is 12.0. The van der Waals surface area contributed by atoms with E-state index in [9.17, 15) is 4.79 Å². The number of nitrogens with one attached hydrogen (secondary N) is 2. The summed E-state index contributed by atoms with van der Waals surface area (Å²) < 4.78 is 0. The Hall–Kier alpha value is -1.14. The molecule has 0 saturated heterocycles. The zero-order valence-corrected chi connectivity index (χ0v) is 15.7. The molecule has 1 atom stereocenters. The summed E-state index contributed by atoms with van der Waals surface area (Å²) in [5.74, 6) is -0.103. The Bertz CT molecular complexity index is 661. The lowest BCUT2D eigenvalue weighted by molar-refractivity contribution is -0.119. The molecule has 126 valence electrons. The molecule has 4 nitrogen and oxygen atoms in total. The maximum Gasteiger partial charge on any atom is 0.230 e. The number of carbonyl (C=O) groups excluding carboxylic acids is 1. The van der Waals surface area contributed by atoms with Gasteiger partial charge in [0.05, 0.1) is 0 Å². The number of benzene rings is 1. The molecule has 2 rings (SSSR count). The summed E-state index contributed by atoms with van der Waals surface area (Å²) in [4.78, 5) is 17.4. The average molecular weight is 374 g/mol. The molecular weight excluding hydrogens is 353 g/mol. The van der Waals surface area contributed by atoms with E-state index in [1.165, 1.54) is 16.9 Å². The number of nitrogens with zero attached hydrogens (tertiary/aromatic N) is 1. The number of hydrogen-bond donors (Lipinski definition) is 2. The van der Waals surface area contributed by atoms with Crippen LogP contribution >= 0.6 is 35.3 Å². The van der Waals surface area contributed by atoms with Gasteiger partial charge >= 0.3 is 0 Å². The Morgan fingerprint density at radius 3 is 2.83 bits per heavy atom. The summed E-state index contributed by atoms with van der Waals surface area (Å²) >= 11 is 7.48. The predicted octanol–water partition coefficient (Wildman–Crippen LogP) is 3.91. The number of aryl methyl sites for hydroxylation is 1. The van der Waals surface area contributed by atoms with Crippen LogP contribution in [-0.4, -0.2) is 24.5 Å². The van der Waals surface area contributed by atoms with Crippen molar-refractivity contribution in [3.05, 3.63) is 45.4 Å². The van der Waals surface area contributed by atoms with E-state index in [-0.39, 0.29) is 24.2 Å². The minimum Gasteiger partial charge on any atom is -0.319 e. The second kappa shape index (κ2) is 9.23. The third-order valence-corrected chi connectivity index (χ3v) is 4.56. The molecule has 1 heterocycles. The molecular formula is C16H21Cl2N3OS. The molecule has 1 aromatic carbocycles. The van der Waals surface area contributed by atoms with Crippen LogP contribution in [0.4, 0.5) is 5.13 Å². The van der Waals surface area contributed by atoms with Crippen molar-refractivity contribution in [2.75, 3.05) is 18.9 Å². The number of thiazole rings is 1. The topological polar surface area (TPSA) is 54.0 Å². The smallest absolute Gasteiger partial charge is 0.230 e. The molecule has 2 N–H and O–H groups in total. The van der Waals surface area contributed by atoms with E-state index < -0.39 is 0 Å². The largest absolute Gasteiger partial charge is 0.319 e. The Morgan fingerprint density at radius 1 is 1.43 bits per heavy atom. The van der Waals surface area contributed by atoms with Gasteiger partial charge in [0.15, 0.2) is 5.13 Å². The molecule has 0 aliphatic heterocycles. The van der Waals surface area contributed by atoms with Crippen LogP contribution in [0, 0.1) is 12.8 Å². The molecule has 23 heavy (non-hydrogen) atoms. The first-order valence-corrected chi connectivity index (χ1v) is 8.34. The minimum atomic E-state index is -0.0872. The monoisotopic (exact) mass is 373 g/mol. The van der Waals surface area contributed by atoms with Crippen LogP contribution < -0.4 is 10.6 Å². The molecule has 0 fully saturated rings. The number of anilines is 1. The van der Waals surface area contributed by atoms with Crippen molar-refractivity contribution in [1.82, 2.24) is 10.3 Å². The van der Waals surface area contributed by atoms with Crippen LogP contribution in [0.25, 0.3) is 0 Å². The molecule has 1 amide bonds. The van der Waals surface area contributed by atoms with Crippen LogP contribution in [0.3, 0.4) is 0 Å². The van der Waals surface area contributed by atoms with Gasteiger partial charge in [-0.3, -0.25) is 4.79 Å². The molecule has 1 unspecified atom stereocenters. The van der Waals surface area contributed by atoms with Crippen molar-refractivity contribution in [1.29, 1.82) is 0 Å². The lowest BCUT2D eigenvalue weighted by Crippen LogP contribution is -2.28. The number of aromatic nitrogens is 1. The number of rotatable bonds is 6. The fourth-order valence-electron chi connectivity index (χ4n) is 2.12. The van der Waals surface area contributed by atoms with E-state index in [2.05, 4.69) is 15.6 Å². The Morgan fingerprint density at radius 2 is 2.17 bits per heavy atom. The molecule has 2 aromatic rings. The second-order valence-corrected chi connectivity index (χ2v) is 6.88. The zero-order chi connectivity index (χ0) is 16.1. The first-order valence-electron chi connectivity index (χ1n) is 7.14. The normalized spacial score (nSPS) is 11.7. The molecule has 0 saturated carbocycles. The van der Waals surface area contributed by atoms with E-state index in [1.54, 1.807) is 0 Å². The first-order chi connectivity index (χ1) is 10.5. The maximum absolute atomic E-state index is 12.0. The minimum absolute atomic E-state index is 0. The van der Waals surface area contributed by atoms with Crippen molar-refractivity contribution in [2.24, 2.45) is 5.92 Å². The summed E-state index contributed by atoms with van der Waals surface area (Å²) in [7, 11) is 1.83. The van der Waals surface area contributed by atoms with Crippen molar-refractivity contribution >= 4 is 46.4 Å². The zero-order valence-electron chi connectivity index (χ0n) is 13.4. The highest BCUT2D eigenvalue weighted by Gasteiger charge is 2.14. The predicted molar refractivity (Wildman–Crippen MR) is 100 cm³/mol. The highest BCUT2D eigenvalue weighted by molar-refractivity contribution is 7.15. The Kier molecular flexibility index (Phi) is 7.99. The molecule has 0 bridgehead atoms. The van der Waals surface area contributed by atoms with Gasteiger partial charge in [0.1, 0.15) is 0 Å². The molecule has 7 heteroatoms. The van der Waals surface area contributed by atoms with Gasteiger partial charge < -0.3 is 10.6 Å². The van der Waals surface area contributed by atoms with Crippen LogP contribution in [0.5, 0.6) is 0 Å². The van der Waals surface area contributed by atoms with Gasteiger partial charge in [0.2, 0.25) is 5.91 Å².